The van der Waals surface area contributed by atoms with Crippen LogP contribution >= 0.6 is 22.7 Å². The lowest BCUT2D eigenvalue weighted by atomic mass is 10.3. The van der Waals surface area contributed by atoms with Crippen LogP contribution in [0.25, 0.3) is 15.3 Å². The van der Waals surface area contributed by atoms with Crippen molar-refractivity contribution in [2.24, 2.45) is 0 Å². The van der Waals surface area contributed by atoms with Crippen molar-refractivity contribution in [3.8, 4) is 0 Å². The third-order valence-electron chi connectivity index (χ3n) is 4.81. The molecule has 25 heavy (non-hydrogen) atoms. The Labute approximate surface area is 155 Å². The van der Waals surface area contributed by atoms with Gasteiger partial charge in [-0.05, 0) is 25.6 Å². The van der Waals surface area contributed by atoms with Crippen LogP contribution in [0.4, 0.5) is 0 Å². The summed E-state index contributed by atoms with van der Waals surface area (Å²) in [4.78, 5) is 24.6. The number of likely N-dealkylation sites (N-methyl/N-ethyl adjacent to an activating group) is 1. The lowest BCUT2D eigenvalue weighted by Crippen LogP contribution is -2.46. The first-order valence-electron chi connectivity index (χ1n) is 8.82. The van der Waals surface area contributed by atoms with Gasteiger partial charge in [-0.25, -0.2) is 4.98 Å². The van der Waals surface area contributed by atoms with Gasteiger partial charge in [-0.2, -0.15) is 0 Å². The standard InChI is InChI=1S/C17H23N5OS2/c1-2-20-6-8-21(9-7-20)5-3-4-18-15(23)14-12-13-16(25-14)19-17-22(13)10-11-24-17/h10-12H,2-9H2,1H3,(H,18,23). The number of thiazole rings is 1. The molecule has 0 unspecified atom stereocenters. The molecule has 1 N–H and O–H groups in total. The Bertz CT molecular complexity index is 859. The van der Waals surface area contributed by atoms with Crippen molar-refractivity contribution in [1.82, 2.24) is 24.5 Å². The van der Waals surface area contributed by atoms with E-state index < -0.39 is 0 Å². The normalized spacial score (nSPS) is 16.8. The summed E-state index contributed by atoms with van der Waals surface area (Å²) in [5.74, 6) is 0.0165. The number of piperazine rings is 1. The molecule has 3 aromatic heterocycles. The van der Waals surface area contributed by atoms with Crippen molar-refractivity contribution in [3.05, 3.63) is 22.5 Å². The van der Waals surface area contributed by atoms with Crippen molar-refractivity contribution in [2.75, 3.05) is 45.8 Å². The van der Waals surface area contributed by atoms with Crippen LogP contribution in [-0.2, 0) is 0 Å². The topological polar surface area (TPSA) is 52.9 Å². The Kier molecular flexibility index (Phi) is 5.03. The lowest BCUT2D eigenvalue weighted by molar-refractivity contribution is 0.0952. The molecule has 1 aliphatic rings. The molecule has 6 nitrogen and oxygen atoms in total. The second-order valence-corrected chi connectivity index (χ2v) is 8.26. The largest absolute Gasteiger partial charge is 0.351 e. The van der Waals surface area contributed by atoms with E-state index in [-0.39, 0.29) is 5.91 Å². The van der Waals surface area contributed by atoms with E-state index in [1.54, 1.807) is 11.3 Å². The third-order valence-corrected chi connectivity index (χ3v) is 6.59. The Hall–Kier alpha value is -1.48. The summed E-state index contributed by atoms with van der Waals surface area (Å²) in [7, 11) is 0. The molecule has 0 spiro atoms. The molecule has 0 bridgehead atoms. The van der Waals surface area contributed by atoms with Crippen molar-refractivity contribution in [3.63, 3.8) is 0 Å². The number of carbonyl (C=O) groups excluding carboxylic acids is 1. The van der Waals surface area contributed by atoms with Crippen LogP contribution in [0.15, 0.2) is 17.6 Å². The summed E-state index contributed by atoms with van der Waals surface area (Å²) in [5.41, 5.74) is 1.03. The molecule has 3 aromatic rings. The highest BCUT2D eigenvalue weighted by molar-refractivity contribution is 7.21. The van der Waals surface area contributed by atoms with E-state index in [0.29, 0.717) is 0 Å². The molecule has 1 aliphatic heterocycles. The first-order chi connectivity index (χ1) is 12.2. The van der Waals surface area contributed by atoms with Gasteiger partial charge in [0.2, 0.25) is 0 Å². The van der Waals surface area contributed by atoms with Gasteiger partial charge in [0.15, 0.2) is 4.96 Å². The lowest BCUT2D eigenvalue weighted by Gasteiger charge is -2.33. The van der Waals surface area contributed by atoms with E-state index in [4.69, 9.17) is 0 Å². The molecule has 0 aromatic carbocycles. The Balaban J connectivity index is 1.25. The summed E-state index contributed by atoms with van der Waals surface area (Å²) in [6.45, 7) is 9.75. The Morgan fingerprint density at radius 2 is 2.08 bits per heavy atom. The molecule has 134 valence electrons. The molecule has 0 radical (unpaired) electrons. The molecule has 0 atom stereocenters. The van der Waals surface area contributed by atoms with Crippen molar-refractivity contribution >= 4 is 43.9 Å². The molecular weight excluding hydrogens is 354 g/mol. The highest BCUT2D eigenvalue weighted by Crippen LogP contribution is 2.28. The van der Waals surface area contributed by atoms with E-state index in [2.05, 4.69) is 27.0 Å². The minimum atomic E-state index is 0.0165. The van der Waals surface area contributed by atoms with Crippen LogP contribution < -0.4 is 5.32 Å². The van der Waals surface area contributed by atoms with Crippen LogP contribution in [-0.4, -0.2) is 70.9 Å². The molecular formula is C17H23N5OS2. The number of aromatic nitrogens is 2. The van der Waals surface area contributed by atoms with Gasteiger partial charge in [0.05, 0.1) is 10.4 Å². The summed E-state index contributed by atoms with van der Waals surface area (Å²) in [6.07, 6.45) is 3.00. The maximum absolute atomic E-state index is 12.4. The van der Waals surface area contributed by atoms with Crippen molar-refractivity contribution in [2.45, 2.75) is 13.3 Å². The van der Waals surface area contributed by atoms with Crippen LogP contribution in [0.2, 0.25) is 0 Å². The second kappa shape index (κ2) is 7.41. The van der Waals surface area contributed by atoms with Crippen molar-refractivity contribution in [1.29, 1.82) is 0 Å². The van der Waals surface area contributed by atoms with Gasteiger partial charge >= 0.3 is 0 Å². The molecule has 0 saturated carbocycles. The number of amides is 1. The van der Waals surface area contributed by atoms with E-state index in [0.717, 1.165) is 72.4 Å². The number of fused-ring (bicyclic) bond motifs is 3. The molecule has 1 fully saturated rings. The van der Waals surface area contributed by atoms with Crippen LogP contribution in [0.1, 0.15) is 23.0 Å². The number of rotatable bonds is 6. The first-order valence-corrected chi connectivity index (χ1v) is 10.5. The monoisotopic (exact) mass is 377 g/mol. The average Bonchev–Trinajstić information content (AvgIpc) is 3.31. The first kappa shape index (κ1) is 17.0. The molecule has 4 rings (SSSR count). The molecule has 1 amide bonds. The molecule has 4 heterocycles. The number of hydrogen-bond donors (Lipinski definition) is 1. The fourth-order valence-corrected chi connectivity index (χ4v) is 5.00. The maximum atomic E-state index is 12.4. The molecule has 8 heteroatoms. The number of imidazole rings is 1. The fourth-order valence-electron chi connectivity index (χ4n) is 3.28. The summed E-state index contributed by atoms with van der Waals surface area (Å²) >= 11 is 3.09. The number of thiophene rings is 1. The minimum absolute atomic E-state index is 0.0165. The Morgan fingerprint density at radius 3 is 2.88 bits per heavy atom. The van der Waals surface area contributed by atoms with E-state index >= 15 is 0 Å². The van der Waals surface area contributed by atoms with Crippen LogP contribution in [0.3, 0.4) is 0 Å². The van der Waals surface area contributed by atoms with Gasteiger partial charge in [0.25, 0.3) is 5.91 Å². The van der Waals surface area contributed by atoms with Crippen LogP contribution in [0.5, 0.6) is 0 Å². The van der Waals surface area contributed by atoms with Gasteiger partial charge in [0, 0.05) is 44.3 Å². The maximum Gasteiger partial charge on any atom is 0.261 e. The van der Waals surface area contributed by atoms with Gasteiger partial charge in [-0.15, -0.1) is 22.7 Å². The van der Waals surface area contributed by atoms with Gasteiger partial charge in [-0.3, -0.25) is 9.20 Å². The minimum Gasteiger partial charge on any atom is -0.351 e. The number of hydrogen-bond acceptors (Lipinski definition) is 6. The van der Waals surface area contributed by atoms with E-state index in [9.17, 15) is 4.79 Å². The summed E-state index contributed by atoms with van der Waals surface area (Å²) in [5, 5.41) is 5.06. The molecule has 1 saturated heterocycles. The number of carbonyl (C=O) groups is 1. The zero-order valence-corrected chi connectivity index (χ0v) is 16.0. The summed E-state index contributed by atoms with van der Waals surface area (Å²) in [6, 6.07) is 1.95. The predicted molar refractivity (Wildman–Crippen MR) is 104 cm³/mol. The Morgan fingerprint density at radius 1 is 1.28 bits per heavy atom. The SMILES string of the molecule is CCN1CCN(CCCNC(=O)c2cc3c(nc4sccn43)s2)CC1. The molecule has 0 aliphatic carbocycles. The van der Waals surface area contributed by atoms with E-state index in [1.165, 1.54) is 11.3 Å². The van der Waals surface area contributed by atoms with Gasteiger partial charge < -0.3 is 15.1 Å². The van der Waals surface area contributed by atoms with Crippen LogP contribution in [0, 0.1) is 0 Å². The zero-order chi connectivity index (χ0) is 17.2. The quantitative estimate of drug-likeness (QED) is 0.670. The van der Waals surface area contributed by atoms with Crippen molar-refractivity contribution < 1.29 is 4.79 Å². The highest BCUT2D eigenvalue weighted by Gasteiger charge is 2.16. The number of nitrogens with one attached hydrogen (secondary N) is 1. The van der Waals surface area contributed by atoms with Gasteiger partial charge in [-0.1, -0.05) is 6.92 Å². The fraction of sp³-hybridized carbons (Fsp3) is 0.529. The van der Waals surface area contributed by atoms with E-state index in [1.807, 2.05) is 22.0 Å². The zero-order valence-electron chi connectivity index (χ0n) is 14.4. The highest BCUT2D eigenvalue weighted by atomic mass is 32.1. The second-order valence-electron chi connectivity index (χ2n) is 6.35. The predicted octanol–water partition coefficient (Wildman–Crippen LogP) is 2.37. The van der Waals surface area contributed by atoms with Gasteiger partial charge in [0.1, 0.15) is 4.83 Å². The third kappa shape index (κ3) is 3.57. The average molecular weight is 378 g/mol. The number of nitrogens with zero attached hydrogens (tertiary/aromatic N) is 4. The smallest absolute Gasteiger partial charge is 0.261 e. The summed E-state index contributed by atoms with van der Waals surface area (Å²) < 4.78 is 2.04.